The molecule has 0 aromatic heterocycles. The number of carbonyl (C=O) groups is 1. The van der Waals surface area contributed by atoms with Crippen molar-refractivity contribution in [1.29, 1.82) is 0 Å². The number of hydrogen-bond donors (Lipinski definition) is 0. The minimum absolute atomic E-state index is 0.195. The lowest BCUT2D eigenvalue weighted by Gasteiger charge is -2.37. The summed E-state index contributed by atoms with van der Waals surface area (Å²) in [5.41, 5.74) is 9.91. The number of ether oxygens (including phenoxy) is 1. The predicted octanol–water partition coefficient (Wildman–Crippen LogP) is 3.79. The largest absolute Gasteiger partial charge is 0.444 e. The Labute approximate surface area is 163 Å². The molecule has 1 aromatic carbocycles. The van der Waals surface area contributed by atoms with Crippen molar-refractivity contribution in [3.8, 4) is 0 Å². The van der Waals surface area contributed by atoms with Crippen molar-refractivity contribution in [3.05, 3.63) is 33.7 Å². The maximum atomic E-state index is 13.1. The molecule has 0 atom stereocenters. The van der Waals surface area contributed by atoms with Gasteiger partial charge in [-0.15, -0.1) is 3.89 Å². The molecule has 0 unspecified atom stereocenters. The summed E-state index contributed by atoms with van der Waals surface area (Å²) in [5.74, 6) is -0.800. The lowest BCUT2D eigenvalue weighted by molar-refractivity contribution is 0.0240. The van der Waals surface area contributed by atoms with Crippen LogP contribution in [-0.4, -0.2) is 51.2 Å². The van der Waals surface area contributed by atoms with Gasteiger partial charge in [-0.1, -0.05) is 5.11 Å². The van der Waals surface area contributed by atoms with E-state index in [1.807, 2.05) is 4.90 Å². The minimum atomic E-state index is -4.73. The number of halogens is 1. The standard InChI is InChI=1S/C17H24FN5O4S/c1-12-14(20-21-19)9-13(11-28(18,25)26)10-15(12)22-5-7-23(8-6-22)16(24)27-17(2,3)4/h9-10H,5-8,11H2,1-4H3. The summed E-state index contributed by atoms with van der Waals surface area (Å²) in [4.78, 5) is 18.5. The van der Waals surface area contributed by atoms with Crippen LogP contribution in [0.25, 0.3) is 10.4 Å². The molecule has 154 valence electrons. The Kier molecular flexibility index (Phi) is 6.41. The number of benzene rings is 1. The SMILES string of the molecule is Cc1c(N=[N+]=[N-])cc(CS(=O)(=O)F)cc1N1CCN(C(=O)OC(C)(C)C)CC1. The maximum Gasteiger partial charge on any atom is 0.410 e. The fourth-order valence-corrected chi connectivity index (χ4v) is 3.52. The Balaban J connectivity index is 2.23. The van der Waals surface area contributed by atoms with Gasteiger partial charge in [0.25, 0.3) is 0 Å². The van der Waals surface area contributed by atoms with Crippen molar-refractivity contribution in [3.63, 3.8) is 0 Å². The molecule has 0 aliphatic carbocycles. The lowest BCUT2D eigenvalue weighted by atomic mass is 10.1. The van der Waals surface area contributed by atoms with E-state index in [-0.39, 0.29) is 11.3 Å². The van der Waals surface area contributed by atoms with Crippen molar-refractivity contribution >= 4 is 27.7 Å². The van der Waals surface area contributed by atoms with E-state index in [2.05, 4.69) is 10.0 Å². The van der Waals surface area contributed by atoms with Gasteiger partial charge in [0.15, 0.2) is 0 Å². The number of hydrogen-bond acceptors (Lipinski definition) is 6. The fourth-order valence-electron chi connectivity index (χ4n) is 2.96. The Bertz CT molecular complexity index is 899. The second kappa shape index (κ2) is 8.24. The number of piperazine rings is 1. The first-order valence-corrected chi connectivity index (χ1v) is 10.3. The molecule has 0 N–H and O–H groups in total. The fraction of sp³-hybridized carbons (Fsp3) is 0.588. The van der Waals surface area contributed by atoms with Gasteiger partial charge in [-0.25, -0.2) is 4.79 Å². The Morgan fingerprint density at radius 1 is 1.29 bits per heavy atom. The highest BCUT2D eigenvalue weighted by molar-refractivity contribution is 7.85. The molecular weight excluding hydrogens is 389 g/mol. The normalized spacial score (nSPS) is 15.2. The van der Waals surface area contributed by atoms with Crippen molar-refractivity contribution in [2.45, 2.75) is 39.0 Å². The first-order chi connectivity index (χ1) is 12.9. The molecule has 0 radical (unpaired) electrons. The van der Waals surface area contributed by atoms with Gasteiger partial charge in [-0.05, 0) is 56.5 Å². The van der Waals surface area contributed by atoms with E-state index < -0.39 is 27.7 Å². The van der Waals surface area contributed by atoms with Gasteiger partial charge >= 0.3 is 16.3 Å². The third-order valence-electron chi connectivity index (χ3n) is 4.18. The molecule has 1 aliphatic heterocycles. The molecule has 1 heterocycles. The quantitative estimate of drug-likeness (QED) is 0.322. The van der Waals surface area contributed by atoms with E-state index in [0.29, 0.717) is 37.4 Å². The Morgan fingerprint density at radius 2 is 1.89 bits per heavy atom. The van der Waals surface area contributed by atoms with Gasteiger partial charge in [0.2, 0.25) is 0 Å². The topological polar surface area (TPSA) is 116 Å². The minimum Gasteiger partial charge on any atom is -0.444 e. The number of rotatable bonds is 4. The van der Waals surface area contributed by atoms with Gasteiger partial charge in [0.05, 0.1) is 0 Å². The van der Waals surface area contributed by atoms with Gasteiger partial charge in [0.1, 0.15) is 11.4 Å². The van der Waals surface area contributed by atoms with Crippen LogP contribution in [0.4, 0.5) is 20.1 Å². The molecule has 28 heavy (non-hydrogen) atoms. The van der Waals surface area contributed by atoms with E-state index >= 15 is 0 Å². The third-order valence-corrected chi connectivity index (χ3v) is 4.85. The zero-order valence-corrected chi connectivity index (χ0v) is 17.2. The van der Waals surface area contributed by atoms with Crippen LogP contribution in [0.15, 0.2) is 17.2 Å². The first kappa shape index (κ1) is 21.8. The second-order valence-electron chi connectivity index (χ2n) is 7.59. The molecule has 1 aliphatic rings. The molecular formula is C17H24FN5O4S. The van der Waals surface area contributed by atoms with Gasteiger partial charge < -0.3 is 14.5 Å². The average molecular weight is 413 g/mol. The summed E-state index contributed by atoms with van der Waals surface area (Å²) in [6.45, 7) is 8.91. The van der Waals surface area contributed by atoms with E-state index in [9.17, 15) is 17.1 Å². The van der Waals surface area contributed by atoms with Crippen molar-refractivity contribution in [1.82, 2.24) is 4.90 Å². The molecule has 11 heteroatoms. The number of nitrogens with zero attached hydrogens (tertiary/aromatic N) is 5. The first-order valence-electron chi connectivity index (χ1n) is 8.73. The van der Waals surface area contributed by atoms with Crippen LogP contribution in [0.1, 0.15) is 31.9 Å². The highest BCUT2D eigenvalue weighted by Gasteiger charge is 2.27. The van der Waals surface area contributed by atoms with E-state index in [0.717, 1.165) is 0 Å². The predicted molar refractivity (Wildman–Crippen MR) is 104 cm³/mol. The summed E-state index contributed by atoms with van der Waals surface area (Å²) < 4.78 is 40.6. The highest BCUT2D eigenvalue weighted by atomic mass is 32.3. The average Bonchev–Trinajstić information content (AvgIpc) is 2.55. The second-order valence-corrected chi connectivity index (χ2v) is 8.95. The van der Waals surface area contributed by atoms with Crippen LogP contribution >= 0.6 is 0 Å². The van der Waals surface area contributed by atoms with Crippen molar-refractivity contribution in [2.75, 3.05) is 31.1 Å². The van der Waals surface area contributed by atoms with E-state index in [1.165, 1.54) is 6.07 Å². The maximum absolute atomic E-state index is 13.1. The summed E-state index contributed by atoms with van der Waals surface area (Å²) in [7, 11) is -4.73. The molecule has 0 bridgehead atoms. The smallest absolute Gasteiger partial charge is 0.410 e. The number of azide groups is 1. The summed E-state index contributed by atoms with van der Waals surface area (Å²) in [5, 5.41) is 3.59. The zero-order valence-electron chi connectivity index (χ0n) is 16.3. The van der Waals surface area contributed by atoms with Crippen LogP contribution in [0, 0.1) is 6.92 Å². The third kappa shape index (κ3) is 6.00. The number of amides is 1. The molecule has 1 fully saturated rings. The highest BCUT2D eigenvalue weighted by Crippen LogP contribution is 2.33. The van der Waals surface area contributed by atoms with Crippen LogP contribution in [0.3, 0.4) is 0 Å². The Hall–Kier alpha value is -2.52. The molecule has 0 spiro atoms. The lowest BCUT2D eigenvalue weighted by Crippen LogP contribution is -2.50. The monoisotopic (exact) mass is 413 g/mol. The zero-order chi connectivity index (χ0) is 21.1. The molecule has 1 amide bonds. The van der Waals surface area contributed by atoms with Gasteiger partial charge in [-0.3, -0.25) is 0 Å². The van der Waals surface area contributed by atoms with Crippen molar-refractivity contribution in [2.24, 2.45) is 5.11 Å². The summed E-state index contributed by atoms with van der Waals surface area (Å²) in [6, 6.07) is 2.94. The Morgan fingerprint density at radius 3 is 2.39 bits per heavy atom. The van der Waals surface area contributed by atoms with Gasteiger partial charge in [-0.2, -0.15) is 8.42 Å². The van der Waals surface area contributed by atoms with Crippen molar-refractivity contribution < 1.29 is 21.8 Å². The summed E-state index contributed by atoms with van der Waals surface area (Å²) in [6.07, 6.45) is -0.393. The van der Waals surface area contributed by atoms with Crippen LogP contribution in [0.5, 0.6) is 0 Å². The number of carbonyl (C=O) groups excluding carboxylic acids is 1. The van der Waals surface area contributed by atoms with E-state index in [4.69, 9.17) is 10.3 Å². The molecule has 9 nitrogen and oxygen atoms in total. The molecule has 1 aromatic rings. The van der Waals surface area contributed by atoms with Gasteiger partial charge in [0, 0.05) is 42.5 Å². The molecule has 1 saturated heterocycles. The van der Waals surface area contributed by atoms with Crippen LogP contribution in [0.2, 0.25) is 0 Å². The molecule has 2 rings (SSSR count). The summed E-state index contributed by atoms with van der Waals surface area (Å²) >= 11 is 0. The van der Waals surface area contributed by atoms with Crippen LogP contribution < -0.4 is 4.90 Å². The number of anilines is 1. The molecule has 0 saturated carbocycles. The van der Waals surface area contributed by atoms with E-state index in [1.54, 1.807) is 38.7 Å². The van der Waals surface area contributed by atoms with Crippen LogP contribution in [-0.2, 0) is 20.7 Å².